The van der Waals surface area contributed by atoms with Crippen LogP contribution in [0, 0.1) is 0 Å². The Morgan fingerprint density at radius 2 is 1.70 bits per heavy atom. The molecule has 3 rings (SSSR count). The van der Waals surface area contributed by atoms with Crippen LogP contribution in [-0.2, 0) is 0 Å². The van der Waals surface area contributed by atoms with E-state index in [0.29, 0.717) is 11.6 Å². The highest BCUT2D eigenvalue weighted by molar-refractivity contribution is 5.88. The van der Waals surface area contributed by atoms with Crippen LogP contribution >= 0.6 is 0 Å². The fraction of sp³-hybridized carbons (Fsp3) is 0.0625. The van der Waals surface area contributed by atoms with Crippen molar-refractivity contribution >= 4 is 10.8 Å². The summed E-state index contributed by atoms with van der Waals surface area (Å²) in [6, 6.07) is 14.2. The molecule has 1 N–H and O–H groups in total. The maximum absolute atomic E-state index is 9.28. The van der Waals surface area contributed by atoms with E-state index < -0.39 is 0 Å². The Morgan fingerprint density at radius 1 is 0.950 bits per heavy atom. The van der Waals surface area contributed by atoms with E-state index in [9.17, 15) is 5.11 Å². The number of fused-ring (bicyclic) bond motifs is 1. The van der Waals surface area contributed by atoms with Crippen molar-refractivity contribution in [3.05, 3.63) is 54.7 Å². The molecular weight excluding hydrogens is 254 g/mol. The van der Waals surface area contributed by atoms with E-state index in [1.54, 1.807) is 37.6 Å². The topological polar surface area (TPSA) is 51.6 Å². The number of hydrogen-bond donors (Lipinski definition) is 1. The van der Waals surface area contributed by atoms with E-state index in [0.717, 1.165) is 16.5 Å². The number of hydrogen-bond acceptors (Lipinski definition) is 4. The Bertz CT molecular complexity index is 738. The molecule has 0 aliphatic carbocycles. The molecule has 0 amide bonds. The quantitative estimate of drug-likeness (QED) is 0.785. The number of aromatic hydroxyl groups is 1. The van der Waals surface area contributed by atoms with E-state index >= 15 is 0 Å². The van der Waals surface area contributed by atoms with Gasteiger partial charge < -0.3 is 14.6 Å². The molecular formula is C16H13NO3. The molecule has 4 heteroatoms. The summed E-state index contributed by atoms with van der Waals surface area (Å²) < 4.78 is 11.0. The summed E-state index contributed by atoms with van der Waals surface area (Å²) in [7, 11) is 1.62. The Labute approximate surface area is 116 Å². The van der Waals surface area contributed by atoms with E-state index in [1.807, 2.05) is 24.3 Å². The summed E-state index contributed by atoms with van der Waals surface area (Å²) >= 11 is 0. The molecule has 1 aromatic heterocycles. The van der Waals surface area contributed by atoms with Gasteiger partial charge in [0.15, 0.2) is 0 Å². The van der Waals surface area contributed by atoms with Crippen molar-refractivity contribution in [1.82, 2.24) is 4.98 Å². The smallest absolute Gasteiger partial charge is 0.227 e. The molecule has 0 saturated carbocycles. The number of rotatable bonds is 3. The largest absolute Gasteiger partial charge is 0.508 e. The predicted octanol–water partition coefficient (Wildman–Crippen LogP) is 3.74. The number of pyridine rings is 1. The standard InChI is InChI=1S/C16H13NO3/c1-19-14-5-2-11-8-9-17-16(15(11)10-14)20-13-6-3-12(18)4-7-13/h2-10,18H,1H3. The van der Waals surface area contributed by atoms with Crippen molar-refractivity contribution in [2.45, 2.75) is 0 Å². The van der Waals surface area contributed by atoms with E-state index in [2.05, 4.69) is 4.98 Å². The fourth-order valence-electron chi connectivity index (χ4n) is 1.95. The molecule has 0 aliphatic heterocycles. The Hall–Kier alpha value is -2.75. The van der Waals surface area contributed by atoms with E-state index in [-0.39, 0.29) is 5.75 Å². The van der Waals surface area contributed by atoms with Crippen LogP contribution < -0.4 is 9.47 Å². The Balaban J connectivity index is 2.04. The molecule has 0 aliphatic rings. The average molecular weight is 267 g/mol. The monoisotopic (exact) mass is 267 g/mol. The van der Waals surface area contributed by atoms with Gasteiger partial charge in [-0.25, -0.2) is 4.98 Å². The van der Waals surface area contributed by atoms with Gasteiger partial charge in [0, 0.05) is 11.6 Å². The maximum atomic E-state index is 9.28. The van der Waals surface area contributed by atoms with Crippen molar-refractivity contribution in [2.75, 3.05) is 7.11 Å². The molecule has 2 aromatic carbocycles. The maximum Gasteiger partial charge on any atom is 0.227 e. The van der Waals surface area contributed by atoms with Crippen LogP contribution in [0.15, 0.2) is 54.7 Å². The van der Waals surface area contributed by atoms with Gasteiger partial charge in [-0.3, -0.25) is 0 Å². The van der Waals surface area contributed by atoms with Gasteiger partial charge in [0.2, 0.25) is 5.88 Å². The lowest BCUT2D eigenvalue weighted by molar-refractivity contribution is 0.415. The van der Waals surface area contributed by atoms with Gasteiger partial charge in [0.05, 0.1) is 7.11 Å². The van der Waals surface area contributed by atoms with Crippen molar-refractivity contribution in [1.29, 1.82) is 0 Å². The number of phenols is 1. The summed E-state index contributed by atoms with van der Waals surface area (Å²) in [5.74, 6) is 2.07. The van der Waals surface area contributed by atoms with Gasteiger partial charge in [-0.05, 0) is 47.9 Å². The number of methoxy groups -OCH3 is 1. The highest BCUT2D eigenvalue weighted by Gasteiger charge is 2.06. The molecule has 4 nitrogen and oxygen atoms in total. The van der Waals surface area contributed by atoms with Crippen LogP contribution in [0.5, 0.6) is 23.1 Å². The molecule has 0 radical (unpaired) electrons. The first-order valence-corrected chi connectivity index (χ1v) is 6.16. The van der Waals surface area contributed by atoms with Crippen LogP contribution in [0.2, 0.25) is 0 Å². The average Bonchev–Trinajstić information content (AvgIpc) is 2.49. The van der Waals surface area contributed by atoms with E-state index in [4.69, 9.17) is 9.47 Å². The zero-order chi connectivity index (χ0) is 13.9. The minimum atomic E-state index is 0.199. The normalized spacial score (nSPS) is 10.4. The van der Waals surface area contributed by atoms with Crippen molar-refractivity contribution < 1.29 is 14.6 Å². The molecule has 0 fully saturated rings. The SMILES string of the molecule is COc1ccc2ccnc(Oc3ccc(O)cc3)c2c1. The number of aromatic nitrogens is 1. The number of benzene rings is 2. The lowest BCUT2D eigenvalue weighted by Gasteiger charge is -2.09. The third-order valence-electron chi connectivity index (χ3n) is 2.99. The van der Waals surface area contributed by atoms with E-state index in [1.165, 1.54) is 0 Å². The summed E-state index contributed by atoms with van der Waals surface area (Å²) in [5, 5.41) is 11.2. The fourth-order valence-corrected chi connectivity index (χ4v) is 1.95. The van der Waals surface area contributed by atoms with Crippen molar-refractivity contribution in [2.24, 2.45) is 0 Å². The number of nitrogens with zero attached hydrogens (tertiary/aromatic N) is 1. The second kappa shape index (κ2) is 5.09. The molecule has 20 heavy (non-hydrogen) atoms. The van der Waals surface area contributed by atoms with Gasteiger partial charge in [-0.1, -0.05) is 6.07 Å². The first-order valence-electron chi connectivity index (χ1n) is 6.16. The molecule has 0 bridgehead atoms. The highest BCUT2D eigenvalue weighted by atomic mass is 16.5. The molecule has 0 unspecified atom stereocenters. The highest BCUT2D eigenvalue weighted by Crippen LogP contribution is 2.30. The Morgan fingerprint density at radius 3 is 2.45 bits per heavy atom. The van der Waals surface area contributed by atoms with Crippen LogP contribution in [0.4, 0.5) is 0 Å². The number of ether oxygens (including phenoxy) is 2. The molecule has 0 atom stereocenters. The van der Waals surface area contributed by atoms with Gasteiger partial charge in [-0.2, -0.15) is 0 Å². The molecule has 0 spiro atoms. The predicted molar refractivity (Wildman–Crippen MR) is 76.5 cm³/mol. The summed E-state index contributed by atoms with van der Waals surface area (Å²) in [6.45, 7) is 0. The van der Waals surface area contributed by atoms with Crippen molar-refractivity contribution in [3.8, 4) is 23.1 Å². The summed E-state index contributed by atoms with van der Waals surface area (Å²) in [5.41, 5.74) is 0. The summed E-state index contributed by atoms with van der Waals surface area (Å²) in [4.78, 5) is 4.26. The van der Waals surface area contributed by atoms with Crippen LogP contribution in [0.25, 0.3) is 10.8 Å². The van der Waals surface area contributed by atoms with Crippen LogP contribution in [0.3, 0.4) is 0 Å². The first-order chi connectivity index (χ1) is 9.76. The summed E-state index contributed by atoms with van der Waals surface area (Å²) in [6.07, 6.45) is 1.70. The second-order valence-corrected chi connectivity index (χ2v) is 4.30. The zero-order valence-electron chi connectivity index (χ0n) is 10.9. The van der Waals surface area contributed by atoms with Gasteiger partial charge in [-0.15, -0.1) is 0 Å². The minimum absolute atomic E-state index is 0.199. The lowest BCUT2D eigenvalue weighted by atomic mass is 10.1. The third kappa shape index (κ3) is 2.36. The molecule has 3 aromatic rings. The van der Waals surface area contributed by atoms with Crippen molar-refractivity contribution in [3.63, 3.8) is 0 Å². The Kier molecular flexibility index (Phi) is 3.13. The first kappa shape index (κ1) is 12.3. The van der Waals surface area contributed by atoms with Crippen LogP contribution in [-0.4, -0.2) is 17.2 Å². The molecule has 100 valence electrons. The lowest BCUT2D eigenvalue weighted by Crippen LogP contribution is -1.90. The number of phenolic OH excluding ortho intramolecular Hbond substituents is 1. The molecule has 0 saturated heterocycles. The molecule has 1 heterocycles. The second-order valence-electron chi connectivity index (χ2n) is 4.30. The zero-order valence-corrected chi connectivity index (χ0v) is 10.9. The van der Waals surface area contributed by atoms with Gasteiger partial charge in [0.1, 0.15) is 17.2 Å². The third-order valence-corrected chi connectivity index (χ3v) is 2.99. The minimum Gasteiger partial charge on any atom is -0.508 e. The van der Waals surface area contributed by atoms with Gasteiger partial charge in [0.25, 0.3) is 0 Å². The van der Waals surface area contributed by atoms with Crippen LogP contribution in [0.1, 0.15) is 0 Å². The van der Waals surface area contributed by atoms with Gasteiger partial charge >= 0.3 is 0 Å².